The Morgan fingerprint density at radius 3 is 2.43 bits per heavy atom. The van der Waals surface area contributed by atoms with Crippen molar-refractivity contribution in [2.45, 2.75) is 19.1 Å². The van der Waals surface area contributed by atoms with Crippen molar-refractivity contribution in [3.05, 3.63) is 34.3 Å². The highest BCUT2D eigenvalue weighted by Gasteiger charge is 2.38. The topological polar surface area (TPSA) is 26.0 Å². The standard InChI is InChI=1S/C9H9ClF3N/c1-5-6(3-2-4-7(5)10)8(14)9(11,12)13/h2-4,8H,14H2,1H3. The van der Waals surface area contributed by atoms with Gasteiger partial charge in [-0.3, -0.25) is 0 Å². The van der Waals surface area contributed by atoms with Gasteiger partial charge in [-0.25, -0.2) is 0 Å². The second kappa shape index (κ2) is 3.79. The lowest BCUT2D eigenvalue weighted by atomic mass is 10.0. The fourth-order valence-corrected chi connectivity index (χ4v) is 1.32. The van der Waals surface area contributed by atoms with Crippen LogP contribution in [0.4, 0.5) is 13.2 Å². The maximum absolute atomic E-state index is 12.3. The van der Waals surface area contributed by atoms with E-state index in [4.69, 9.17) is 17.3 Å². The normalized spacial score (nSPS) is 14.1. The average molecular weight is 224 g/mol. The molecule has 0 radical (unpaired) electrons. The van der Waals surface area contributed by atoms with E-state index < -0.39 is 12.2 Å². The number of hydrogen-bond donors (Lipinski definition) is 1. The van der Waals surface area contributed by atoms with E-state index in [2.05, 4.69) is 0 Å². The zero-order valence-electron chi connectivity index (χ0n) is 7.40. The van der Waals surface area contributed by atoms with Crippen molar-refractivity contribution in [1.82, 2.24) is 0 Å². The molecule has 0 aliphatic heterocycles. The highest BCUT2D eigenvalue weighted by Crippen LogP contribution is 2.33. The Morgan fingerprint density at radius 1 is 1.36 bits per heavy atom. The molecule has 1 atom stereocenters. The van der Waals surface area contributed by atoms with Gasteiger partial charge in [0.15, 0.2) is 0 Å². The second-order valence-electron chi connectivity index (χ2n) is 2.97. The maximum atomic E-state index is 12.3. The molecule has 0 spiro atoms. The van der Waals surface area contributed by atoms with Crippen molar-refractivity contribution in [1.29, 1.82) is 0 Å². The summed E-state index contributed by atoms with van der Waals surface area (Å²) in [6.45, 7) is 1.52. The Morgan fingerprint density at radius 2 is 1.93 bits per heavy atom. The first-order valence-corrected chi connectivity index (χ1v) is 4.29. The van der Waals surface area contributed by atoms with Crippen LogP contribution in [0.5, 0.6) is 0 Å². The summed E-state index contributed by atoms with van der Waals surface area (Å²) < 4.78 is 36.8. The van der Waals surface area contributed by atoms with Crippen molar-refractivity contribution < 1.29 is 13.2 Å². The van der Waals surface area contributed by atoms with Gasteiger partial charge in [0.2, 0.25) is 0 Å². The molecular formula is C9H9ClF3N. The Hall–Kier alpha value is -0.740. The summed E-state index contributed by atoms with van der Waals surface area (Å²) >= 11 is 5.69. The monoisotopic (exact) mass is 223 g/mol. The molecule has 0 amide bonds. The molecule has 1 unspecified atom stereocenters. The number of benzene rings is 1. The lowest BCUT2D eigenvalue weighted by Crippen LogP contribution is -2.29. The Kier molecular flexibility index (Phi) is 3.07. The van der Waals surface area contributed by atoms with Crippen LogP contribution >= 0.6 is 11.6 Å². The minimum absolute atomic E-state index is 0.0185. The van der Waals surface area contributed by atoms with Gasteiger partial charge in [0, 0.05) is 5.02 Å². The van der Waals surface area contributed by atoms with E-state index in [9.17, 15) is 13.2 Å². The quantitative estimate of drug-likeness (QED) is 0.777. The van der Waals surface area contributed by atoms with E-state index >= 15 is 0 Å². The van der Waals surface area contributed by atoms with Gasteiger partial charge in [-0.05, 0) is 24.1 Å². The molecule has 0 saturated heterocycles. The van der Waals surface area contributed by atoms with E-state index in [1.807, 2.05) is 0 Å². The smallest absolute Gasteiger partial charge is 0.316 e. The van der Waals surface area contributed by atoms with E-state index in [-0.39, 0.29) is 5.56 Å². The summed E-state index contributed by atoms with van der Waals surface area (Å²) in [6, 6.07) is 2.35. The minimum Gasteiger partial charge on any atom is -0.316 e. The molecule has 1 aromatic carbocycles. The van der Waals surface area contributed by atoms with Gasteiger partial charge in [0.25, 0.3) is 0 Å². The van der Waals surface area contributed by atoms with Gasteiger partial charge in [-0.1, -0.05) is 23.7 Å². The fraction of sp³-hybridized carbons (Fsp3) is 0.333. The van der Waals surface area contributed by atoms with Crippen LogP contribution in [0.3, 0.4) is 0 Å². The Bertz CT molecular complexity index is 335. The molecule has 5 heteroatoms. The highest BCUT2D eigenvalue weighted by atomic mass is 35.5. The Labute approximate surface area is 84.7 Å². The third-order valence-electron chi connectivity index (χ3n) is 2.00. The summed E-state index contributed by atoms with van der Waals surface area (Å²) in [4.78, 5) is 0. The van der Waals surface area contributed by atoms with Crippen molar-refractivity contribution in [3.63, 3.8) is 0 Å². The van der Waals surface area contributed by atoms with Crippen LogP contribution in [0.1, 0.15) is 17.2 Å². The fourth-order valence-electron chi connectivity index (χ4n) is 1.14. The molecule has 0 saturated carbocycles. The van der Waals surface area contributed by atoms with Crippen LogP contribution in [0.15, 0.2) is 18.2 Å². The second-order valence-corrected chi connectivity index (χ2v) is 3.38. The first-order chi connectivity index (χ1) is 6.34. The lowest BCUT2D eigenvalue weighted by Gasteiger charge is -2.18. The predicted octanol–water partition coefficient (Wildman–Crippen LogP) is 3.21. The number of rotatable bonds is 1. The van der Waals surface area contributed by atoms with Gasteiger partial charge in [0.1, 0.15) is 6.04 Å². The van der Waals surface area contributed by atoms with Crippen LogP contribution < -0.4 is 5.73 Å². The first-order valence-electron chi connectivity index (χ1n) is 3.91. The lowest BCUT2D eigenvalue weighted by molar-refractivity contribution is -0.149. The zero-order chi connectivity index (χ0) is 10.9. The van der Waals surface area contributed by atoms with Crippen molar-refractivity contribution in [3.8, 4) is 0 Å². The van der Waals surface area contributed by atoms with Crippen molar-refractivity contribution in [2.75, 3.05) is 0 Å². The molecule has 2 N–H and O–H groups in total. The largest absolute Gasteiger partial charge is 0.407 e. The molecule has 1 aromatic rings. The maximum Gasteiger partial charge on any atom is 0.407 e. The number of alkyl halides is 3. The van der Waals surface area contributed by atoms with Gasteiger partial charge in [-0.15, -0.1) is 0 Å². The number of halogens is 4. The number of nitrogens with two attached hydrogens (primary N) is 1. The molecule has 0 aliphatic rings. The van der Waals surface area contributed by atoms with Gasteiger partial charge >= 0.3 is 6.18 Å². The molecule has 0 aromatic heterocycles. The number of hydrogen-bond acceptors (Lipinski definition) is 1. The summed E-state index contributed by atoms with van der Waals surface area (Å²) in [5, 5.41) is 0.294. The molecule has 0 bridgehead atoms. The molecule has 0 aliphatic carbocycles. The van der Waals surface area contributed by atoms with Crippen LogP contribution in [-0.4, -0.2) is 6.18 Å². The van der Waals surface area contributed by atoms with Crippen LogP contribution in [0.25, 0.3) is 0 Å². The molecular weight excluding hydrogens is 215 g/mol. The van der Waals surface area contributed by atoms with E-state index in [1.165, 1.54) is 25.1 Å². The average Bonchev–Trinajstić information content (AvgIpc) is 2.07. The molecule has 78 valence electrons. The molecule has 0 fully saturated rings. The van der Waals surface area contributed by atoms with Crippen LogP contribution in [-0.2, 0) is 0 Å². The highest BCUT2D eigenvalue weighted by molar-refractivity contribution is 6.31. The van der Waals surface area contributed by atoms with E-state index in [1.54, 1.807) is 0 Å². The summed E-state index contributed by atoms with van der Waals surface area (Å²) in [5.41, 5.74) is 5.45. The van der Waals surface area contributed by atoms with Crippen molar-refractivity contribution >= 4 is 11.6 Å². The minimum atomic E-state index is -4.44. The summed E-state index contributed by atoms with van der Waals surface area (Å²) in [6.07, 6.45) is -4.44. The van der Waals surface area contributed by atoms with Gasteiger partial charge < -0.3 is 5.73 Å². The third kappa shape index (κ3) is 2.19. The van der Waals surface area contributed by atoms with E-state index in [0.717, 1.165) is 0 Å². The molecule has 0 heterocycles. The third-order valence-corrected chi connectivity index (χ3v) is 2.41. The van der Waals surface area contributed by atoms with Crippen LogP contribution in [0.2, 0.25) is 5.02 Å². The molecule has 1 nitrogen and oxygen atoms in total. The van der Waals surface area contributed by atoms with Crippen LogP contribution in [0, 0.1) is 6.92 Å². The SMILES string of the molecule is Cc1c(Cl)cccc1C(N)C(F)(F)F. The zero-order valence-corrected chi connectivity index (χ0v) is 8.15. The predicted molar refractivity (Wildman–Crippen MR) is 49.2 cm³/mol. The molecule has 14 heavy (non-hydrogen) atoms. The Balaban J connectivity index is 3.14. The van der Waals surface area contributed by atoms with Gasteiger partial charge in [0.05, 0.1) is 0 Å². The van der Waals surface area contributed by atoms with Crippen molar-refractivity contribution in [2.24, 2.45) is 5.73 Å². The summed E-state index contributed by atoms with van der Waals surface area (Å²) in [7, 11) is 0. The van der Waals surface area contributed by atoms with E-state index in [0.29, 0.717) is 10.6 Å². The first kappa shape index (κ1) is 11.3. The summed E-state index contributed by atoms with van der Waals surface area (Å²) in [5.74, 6) is 0. The van der Waals surface area contributed by atoms with Gasteiger partial charge in [-0.2, -0.15) is 13.2 Å². The molecule has 1 rings (SSSR count).